The SMILES string of the molecule is CS(=O)(=O)c1cccc(C(=O)NNC(=O)c2ccc(CSc3nc4ccccc4[nH]3)cc2)c1. The molecule has 3 aromatic carbocycles. The number of para-hydroxylation sites is 2. The van der Waals surface area contributed by atoms with Gasteiger partial charge in [0.05, 0.1) is 15.9 Å². The van der Waals surface area contributed by atoms with Crippen LogP contribution in [0.1, 0.15) is 26.3 Å². The van der Waals surface area contributed by atoms with E-state index < -0.39 is 21.7 Å². The number of carbonyl (C=O) groups is 2. The summed E-state index contributed by atoms with van der Waals surface area (Å²) in [7, 11) is -3.44. The summed E-state index contributed by atoms with van der Waals surface area (Å²) in [6.07, 6.45) is 1.06. The van der Waals surface area contributed by atoms with E-state index in [1.54, 1.807) is 23.9 Å². The van der Waals surface area contributed by atoms with Gasteiger partial charge in [0.15, 0.2) is 15.0 Å². The van der Waals surface area contributed by atoms with Crippen LogP contribution < -0.4 is 10.9 Å². The van der Waals surface area contributed by atoms with Crippen LogP contribution in [0.5, 0.6) is 0 Å². The average molecular weight is 481 g/mol. The molecule has 0 fully saturated rings. The molecule has 3 N–H and O–H groups in total. The molecule has 2 amide bonds. The molecule has 4 aromatic rings. The second-order valence-corrected chi connectivity index (χ2v) is 10.2. The molecule has 0 unspecified atom stereocenters. The molecule has 1 heterocycles. The van der Waals surface area contributed by atoms with E-state index in [4.69, 9.17) is 0 Å². The van der Waals surface area contributed by atoms with E-state index >= 15 is 0 Å². The number of hydrogen-bond donors (Lipinski definition) is 3. The molecular weight excluding hydrogens is 460 g/mol. The summed E-state index contributed by atoms with van der Waals surface area (Å²) < 4.78 is 23.3. The Morgan fingerprint density at radius 2 is 1.61 bits per heavy atom. The molecule has 0 saturated heterocycles. The molecule has 0 aliphatic rings. The number of thioether (sulfide) groups is 1. The molecule has 0 radical (unpaired) electrons. The summed E-state index contributed by atoms with van der Waals surface area (Å²) >= 11 is 1.56. The van der Waals surface area contributed by atoms with Gasteiger partial charge in [0.25, 0.3) is 11.8 Å². The number of hydrazine groups is 1. The fourth-order valence-corrected chi connectivity index (χ4v) is 4.54. The quantitative estimate of drug-likeness (QED) is 0.288. The number of aromatic amines is 1. The maximum Gasteiger partial charge on any atom is 0.269 e. The van der Waals surface area contributed by atoms with E-state index in [2.05, 4.69) is 20.8 Å². The van der Waals surface area contributed by atoms with Crippen LogP contribution in [0.4, 0.5) is 0 Å². The second kappa shape index (κ2) is 9.47. The lowest BCUT2D eigenvalue weighted by Crippen LogP contribution is -2.41. The van der Waals surface area contributed by atoms with Gasteiger partial charge in [-0.2, -0.15) is 0 Å². The number of nitrogens with zero attached hydrogens (tertiary/aromatic N) is 1. The lowest BCUT2D eigenvalue weighted by atomic mass is 10.1. The van der Waals surface area contributed by atoms with Crippen molar-refractivity contribution in [2.24, 2.45) is 0 Å². The summed E-state index contributed by atoms with van der Waals surface area (Å²) in [5.74, 6) is -0.429. The molecule has 0 spiro atoms. The molecule has 8 nitrogen and oxygen atoms in total. The number of imidazole rings is 1. The van der Waals surface area contributed by atoms with Gasteiger partial charge in [0, 0.05) is 23.1 Å². The Kier molecular flexibility index (Phi) is 6.47. The number of nitrogens with one attached hydrogen (secondary N) is 3. The van der Waals surface area contributed by atoms with Crippen molar-refractivity contribution in [1.29, 1.82) is 0 Å². The summed E-state index contributed by atoms with van der Waals surface area (Å²) in [5.41, 5.74) is 8.04. The minimum absolute atomic E-state index is 0.0255. The number of benzene rings is 3. The number of H-pyrrole nitrogens is 1. The van der Waals surface area contributed by atoms with Crippen molar-refractivity contribution in [2.45, 2.75) is 15.8 Å². The maximum atomic E-state index is 12.4. The fraction of sp³-hybridized carbons (Fsp3) is 0.0870. The molecule has 0 atom stereocenters. The Labute approximate surface area is 194 Å². The van der Waals surface area contributed by atoms with Crippen molar-refractivity contribution in [1.82, 2.24) is 20.8 Å². The molecule has 4 rings (SSSR count). The van der Waals surface area contributed by atoms with Crippen LogP contribution >= 0.6 is 11.8 Å². The first-order valence-electron chi connectivity index (χ1n) is 9.87. The Morgan fingerprint density at radius 1 is 0.909 bits per heavy atom. The minimum atomic E-state index is -3.44. The Morgan fingerprint density at radius 3 is 2.30 bits per heavy atom. The van der Waals surface area contributed by atoms with E-state index in [0.29, 0.717) is 11.3 Å². The normalized spacial score (nSPS) is 11.3. The van der Waals surface area contributed by atoms with Crippen LogP contribution in [-0.4, -0.2) is 36.5 Å². The number of rotatable bonds is 6. The molecule has 1 aromatic heterocycles. The van der Waals surface area contributed by atoms with Crippen molar-refractivity contribution in [3.8, 4) is 0 Å². The fourth-order valence-electron chi connectivity index (χ4n) is 3.03. The highest BCUT2D eigenvalue weighted by Crippen LogP contribution is 2.23. The number of aromatic nitrogens is 2. The predicted molar refractivity (Wildman–Crippen MR) is 127 cm³/mol. The van der Waals surface area contributed by atoms with Crippen molar-refractivity contribution < 1.29 is 18.0 Å². The zero-order chi connectivity index (χ0) is 23.4. The van der Waals surface area contributed by atoms with Gasteiger partial charge in [-0.05, 0) is 48.0 Å². The first-order valence-corrected chi connectivity index (χ1v) is 12.7. The van der Waals surface area contributed by atoms with Crippen LogP contribution in [-0.2, 0) is 15.6 Å². The van der Waals surface area contributed by atoms with Gasteiger partial charge in [0.1, 0.15) is 0 Å². The van der Waals surface area contributed by atoms with Crippen molar-refractivity contribution >= 4 is 44.4 Å². The smallest absolute Gasteiger partial charge is 0.269 e. The van der Waals surface area contributed by atoms with E-state index in [9.17, 15) is 18.0 Å². The summed E-state index contributed by atoms with van der Waals surface area (Å²) in [6, 6.07) is 20.4. The molecule has 10 heteroatoms. The standard InChI is InChI=1S/C23H20N4O4S2/c1-33(30,31)18-6-4-5-17(13-18)22(29)27-26-21(28)16-11-9-15(10-12-16)14-32-23-24-19-7-2-3-8-20(19)25-23/h2-13H,14H2,1H3,(H,24,25)(H,26,28)(H,27,29). The topological polar surface area (TPSA) is 121 Å². The van der Waals surface area contributed by atoms with Gasteiger partial charge in [-0.25, -0.2) is 13.4 Å². The van der Waals surface area contributed by atoms with E-state index in [0.717, 1.165) is 28.0 Å². The van der Waals surface area contributed by atoms with E-state index in [-0.39, 0.29) is 10.5 Å². The Balaban J connectivity index is 1.32. The van der Waals surface area contributed by atoms with Crippen LogP contribution in [0.15, 0.2) is 82.8 Å². The van der Waals surface area contributed by atoms with Gasteiger partial charge < -0.3 is 4.98 Å². The van der Waals surface area contributed by atoms with Crippen molar-refractivity contribution in [3.05, 3.63) is 89.5 Å². The third-order valence-corrected chi connectivity index (χ3v) is 6.83. The third kappa shape index (κ3) is 5.60. The molecule has 0 aliphatic carbocycles. The van der Waals surface area contributed by atoms with Gasteiger partial charge >= 0.3 is 0 Å². The first kappa shape index (κ1) is 22.6. The minimum Gasteiger partial charge on any atom is -0.333 e. The maximum absolute atomic E-state index is 12.4. The van der Waals surface area contributed by atoms with Crippen LogP contribution in [0.3, 0.4) is 0 Å². The lowest BCUT2D eigenvalue weighted by Gasteiger charge is -2.09. The zero-order valence-electron chi connectivity index (χ0n) is 17.5. The number of hydrogen-bond acceptors (Lipinski definition) is 6. The predicted octanol–water partition coefficient (Wildman–Crippen LogP) is 3.33. The highest BCUT2D eigenvalue weighted by Gasteiger charge is 2.13. The van der Waals surface area contributed by atoms with Crippen LogP contribution in [0.2, 0.25) is 0 Å². The van der Waals surface area contributed by atoms with Gasteiger partial charge in [0.2, 0.25) is 0 Å². The molecular formula is C23H20N4O4S2. The molecule has 0 saturated carbocycles. The second-order valence-electron chi connectivity index (χ2n) is 7.25. The third-order valence-electron chi connectivity index (χ3n) is 4.77. The highest BCUT2D eigenvalue weighted by atomic mass is 32.2. The largest absolute Gasteiger partial charge is 0.333 e. The average Bonchev–Trinajstić information content (AvgIpc) is 3.24. The summed E-state index contributed by atoms with van der Waals surface area (Å²) in [4.78, 5) is 32.4. The van der Waals surface area contributed by atoms with Crippen molar-refractivity contribution in [3.63, 3.8) is 0 Å². The molecule has 0 bridgehead atoms. The number of carbonyl (C=O) groups excluding carboxylic acids is 2. The van der Waals surface area contributed by atoms with Gasteiger partial charge in [-0.3, -0.25) is 20.4 Å². The Hall–Kier alpha value is -3.63. The molecule has 0 aliphatic heterocycles. The summed E-state index contributed by atoms with van der Waals surface area (Å²) in [6.45, 7) is 0. The molecule has 33 heavy (non-hydrogen) atoms. The number of amides is 2. The zero-order valence-corrected chi connectivity index (χ0v) is 19.2. The van der Waals surface area contributed by atoms with Crippen molar-refractivity contribution in [2.75, 3.05) is 6.26 Å². The monoisotopic (exact) mass is 480 g/mol. The van der Waals surface area contributed by atoms with Gasteiger partial charge in [-0.1, -0.05) is 42.1 Å². The van der Waals surface area contributed by atoms with E-state index in [1.165, 1.54) is 24.3 Å². The highest BCUT2D eigenvalue weighted by molar-refractivity contribution is 7.98. The number of fused-ring (bicyclic) bond motifs is 1. The van der Waals surface area contributed by atoms with Crippen LogP contribution in [0.25, 0.3) is 11.0 Å². The number of sulfone groups is 1. The first-order chi connectivity index (χ1) is 15.8. The lowest BCUT2D eigenvalue weighted by molar-refractivity contribution is 0.0846. The van der Waals surface area contributed by atoms with Gasteiger partial charge in [-0.15, -0.1) is 0 Å². The Bertz CT molecular complexity index is 1400. The van der Waals surface area contributed by atoms with Crippen LogP contribution in [0, 0.1) is 0 Å². The molecule has 168 valence electrons. The summed E-state index contributed by atoms with van der Waals surface area (Å²) in [5, 5.41) is 0.820. The van der Waals surface area contributed by atoms with E-state index in [1.807, 2.05) is 36.4 Å².